The fourth-order valence-electron chi connectivity index (χ4n) is 3.61. The number of carbonyl (C=O) groups excluding carboxylic acids is 1. The summed E-state index contributed by atoms with van der Waals surface area (Å²) in [5.41, 5.74) is 3.84. The van der Waals surface area contributed by atoms with Gasteiger partial charge in [0.15, 0.2) is 5.11 Å². The molecule has 0 bridgehead atoms. The first-order valence-corrected chi connectivity index (χ1v) is 10.4. The topological polar surface area (TPSA) is 68.2 Å². The summed E-state index contributed by atoms with van der Waals surface area (Å²) in [7, 11) is 3.33. The fourth-order valence-corrected chi connectivity index (χ4v) is 5.23. The van der Waals surface area contributed by atoms with Gasteiger partial charge < -0.3 is 15.4 Å². The number of thiophene rings is 1. The predicted octanol–water partition coefficient (Wildman–Crippen LogP) is 3.89. The van der Waals surface area contributed by atoms with E-state index in [1.165, 1.54) is 18.4 Å². The van der Waals surface area contributed by atoms with Gasteiger partial charge in [-0.25, -0.2) is 4.79 Å². The number of carbonyl (C=O) groups is 1. The molecule has 0 aromatic carbocycles. The molecule has 0 aliphatic heterocycles. The first kappa shape index (κ1) is 19.8. The van der Waals surface area contributed by atoms with Gasteiger partial charge in [0.05, 0.1) is 24.4 Å². The Balaban J connectivity index is 1.79. The number of hydrogen-bond donors (Lipinski definition) is 2. The van der Waals surface area contributed by atoms with Crippen LogP contribution in [0.3, 0.4) is 0 Å². The van der Waals surface area contributed by atoms with Crippen LogP contribution in [0.2, 0.25) is 0 Å². The Hall–Kier alpha value is -1.93. The van der Waals surface area contributed by atoms with Crippen molar-refractivity contribution in [2.75, 3.05) is 12.4 Å². The minimum atomic E-state index is -0.296. The van der Waals surface area contributed by atoms with Gasteiger partial charge in [-0.15, -0.1) is 11.3 Å². The second-order valence-electron chi connectivity index (χ2n) is 6.92. The van der Waals surface area contributed by atoms with Crippen LogP contribution in [0.1, 0.15) is 64.3 Å². The van der Waals surface area contributed by atoms with Crippen molar-refractivity contribution < 1.29 is 9.53 Å². The average molecular weight is 407 g/mol. The van der Waals surface area contributed by atoms with Crippen LogP contribution < -0.4 is 10.6 Å². The molecule has 0 radical (unpaired) electrons. The molecule has 0 saturated carbocycles. The van der Waals surface area contributed by atoms with E-state index in [-0.39, 0.29) is 12.0 Å². The largest absolute Gasteiger partial charge is 0.465 e. The van der Waals surface area contributed by atoms with Gasteiger partial charge in [-0.05, 0) is 57.3 Å². The summed E-state index contributed by atoms with van der Waals surface area (Å²) >= 11 is 7.14. The van der Waals surface area contributed by atoms with Crippen molar-refractivity contribution >= 4 is 39.6 Å². The standard InChI is InChI=1S/C19H26N4O2S2/c1-11(14-10-23(3)22-12(14)2)20-19(26)21-17-16(18(24)25-4)13-8-6-5-7-9-15(13)27-17/h10-11H,5-9H2,1-4H3,(H2,20,21,26). The SMILES string of the molecule is COC(=O)c1c(NC(=S)NC(C)c2cn(C)nc2C)sc2c1CCCCC2. The van der Waals surface area contributed by atoms with Crippen molar-refractivity contribution in [3.63, 3.8) is 0 Å². The number of thiocarbonyl (C=S) groups is 1. The van der Waals surface area contributed by atoms with Gasteiger partial charge >= 0.3 is 5.97 Å². The summed E-state index contributed by atoms with van der Waals surface area (Å²) < 4.78 is 6.84. The van der Waals surface area contributed by atoms with E-state index >= 15 is 0 Å². The molecule has 1 atom stereocenters. The zero-order valence-electron chi connectivity index (χ0n) is 16.2. The van der Waals surface area contributed by atoms with Crippen LogP contribution in [0.5, 0.6) is 0 Å². The summed E-state index contributed by atoms with van der Waals surface area (Å²) in [6.45, 7) is 4.03. The zero-order valence-corrected chi connectivity index (χ0v) is 17.9. The van der Waals surface area contributed by atoms with Crippen molar-refractivity contribution in [3.8, 4) is 0 Å². The fraction of sp³-hybridized carbons (Fsp3) is 0.526. The summed E-state index contributed by atoms with van der Waals surface area (Å²) in [5.74, 6) is -0.296. The van der Waals surface area contributed by atoms with Crippen molar-refractivity contribution in [3.05, 3.63) is 33.5 Å². The number of nitrogens with zero attached hydrogens (tertiary/aromatic N) is 2. The number of aryl methyl sites for hydroxylation is 3. The summed E-state index contributed by atoms with van der Waals surface area (Å²) in [6.07, 6.45) is 7.39. The lowest BCUT2D eigenvalue weighted by atomic mass is 10.1. The van der Waals surface area contributed by atoms with E-state index in [4.69, 9.17) is 17.0 Å². The second kappa shape index (κ2) is 8.39. The lowest BCUT2D eigenvalue weighted by Gasteiger charge is -2.16. The van der Waals surface area contributed by atoms with E-state index in [9.17, 15) is 4.79 Å². The molecule has 1 aliphatic rings. The quantitative estimate of drug-likeness (QED) is 0.456. The number of rotatable bonds is 4. The molecule has 3 rings (SSSR count). The Labute approximate surface area is 169 Å². The van der Waals surface area contributed by atoms with Crippen molar-refractivity contribution in [2.24, 2.45) is 7.05 Å². The number of methoxy groups -OCH3 is 1. The molecule has 1 unspecified atom stereocenters. The molecule has 8 heteroatoms. The molecule has 146 valence electrons. The maximum absolute atomic E-state index is 12.4. The Bertz CT molecular complexity index is 856. The minimum Gasteiger partial charge on any atom is -0.465 e. The maximum atomic E-state index is 12.4. The Morgan fingerprint density at radius 3 is 2.78 bits per heavy atom. The lowest BCUT2D eigenvalue weighted by Crippen LogP contribution is -2.31. The molecule has 6 nitrogen and oxygen atoms in total. The predicted molar refractivity (Wildman–Crippen MR) is 113 cm³/mol. The number of esters is 1. The molecule has 0 fully saturated rings. The zero-order chi connectivity index (χ0) is 19.6. The van der Waals surface area contributed by atoms with Crippen LogP contribution in [0.15, 0.2) is 6.20 Å². The highest BCUT2D eigenvalue weighted by Gasteiger charge is 2.26. The molecule has 1 aliphatic carbocycles. The van der Waals surface area contributed by atoms with Crippen molar-refractivity contribution in [2.45, 2.75) is 52.0 Å². The molecule has 2 heterocycles. The van der Waals surface area contributed by atoms with E-state index in [0.717, 1.165) is 47.5 Å². The third kappa shape index (κ3) is 4.32. The second-order valence-corrected chi connectivity index (χ2v) is 8.44. The molecule has 2 aromatic rings. The third-order valence-electron chi connectivity index (χ3n) is 4.90. The highest BCUT2D eigenvalue weighted by Crippen LogP contribution is 2.38. The Morgan fingerprint density at radius 2 is 2.11 bits per heavy atom. The molecule has 2 N–H and O–H groups in total. The highest BCUT2D eigenvalue weighted by molar-refractivity contribution is 7.80. The molecule has 0 spiro atoms. The lowest BCUT2D eigenvalue weighted by molar-refractivity contribution is 0.0601. The van der Waals surface area contributed by atoms with E-state index in [1.54, 1.807) is 16.0 Å². The summed E-state index contributed by atoms with van der Waals surface area (Å²) in [4.78, 5) is 13.7. The van der Waals surface area contributed by atoms with Crippen LogP contribution in [-0.4, -0.2) is 28.0 Å². The van der Waals surface area contributed by atoms with Gasteiger partial charge in [0.25, 0.3) is 0 Å². The van der Waals surface area contributed by atoms with Crippen LogP contribution in [0, 0.1) is 6.92 Å². The number of aromatic nitrogens is 2. The summed E-state index contributed by atoms with van der Waals surface area (Å²) in [5, 5.41) is 12.2. The highest BCUT2D eigenvalue weighted by atomic mass is 32.1. The van der Waals surface area contributed by atoms with Gasteiger partial charge in [-0.3, -0.25) is 4.68 Å². The molecule has 27 heavy (non-hydrogen) atoms. The third-order valence-corrected chi connectivity index (χ3v) is 6.33. The maximum Gasteiger partial charge on any atom is 0.341 e. The molecule has 0 saturated heterocycles. The van der Waals surface area contributed by atoms with Crippen molar-refractivity contribution in [1.29, 1.82) is 0 Å². The molecular formula is C19H26N4O2S2. The molecule has 0 amide bonds. The van der Waals surface area contributed by atoms with Gasteiger partial charge in [0.2, 0.25) is 0 Å². The average Bonchev–Trinajstić information content (AvgIpc) is 3.03. The van der Waals surface area contributed by atoms with Gasteiger partial charge in [-0.1, -0.05) is 6.42 Å². The number of nitrogens with one attached hydrogen (secondary N) is 2. The molecular weight excluding hydrogens is 380 g/mol. The van der Waals surface area contributed by atoms with Gasteiger partial charge in [0.1, 0.15) is 5.00 Å². The number of anilines is 1. The number of ether oxygens (including phenoxy) is 1. The first-order valence-electron chi connectivity index (χ1n) is 9.21. The van der Waals surface area contributed by atoms with E-state index in [2.05, 4.69) is 15.7 Å². The number of hydrogen-bond acceptors (Lipinski definition) is 5. The van der Waals surface area contributed by atoms with Crippen LogP contribution in [0.25, 0.3) is 0 Å². The smallest absolute Gasteiger partial charge is 0.341 e. The van der Waals surface area contributed by atoms with Crippen molar-refractivity contribution in [1.82, 2.24) is 15.1 Å². The van der Waals surface area contributed by atoms with E-state index in [1.807, 2.05) is 27.1 Å². The number of fused-ring (bicyclic) bond motifs is 1. The summed E-state index contributed by atoms with van der Waals surface area (Å²) in [6, 6.07) is 0.0121. The van der Waals surface area contributed by atoms with Gasteiger partial charge in [-0.2, -0.15) is 5.10 Å². The van der Waals surface area contributed by atoms with E-state index in [0.29, 0.717) is 10.7 Å². The first-order chi connectivity index (χ1) is 12.9. The monoisotopic (exact) mass is 406 g/mol. The minimum absolute atomic E-state index is 0.0121. The Morgan fingerprint density at radius 1 is 1.37 bits per heavy atom. The van der Waals surface area contributed by atoms with Crippen LogP contribution in [-0.2, 0) is 24.6 Å². The van der Waals surface area contributed by atoms with Crippen LogP contribution in [0.4, 0.5) is 5.00 Å². The van der Waals surface area contributed by atoms with Gasteiger partial charge in [0, 0.05) is 23.7 Å². The Kier molecular flexibility index (Phi) is 6.16. The normalized spacial score (nSPS) is 14.8. The molecule has 2 aromatic heterocycles. The van der Waals surface area contributed by atoms with Crippen LogP contribution >= 0.6 is 23.6 Å². The van der Waals surface area contributed by atoms with E-state index < -0.39 is 0 Å².